The molecule has 3 N–H and O–H groups in total. The molecular weight excluding hydrogens is 453 g/mol. The van der Waals surface area contributed by atoms with Crippen molar-refractivity contribution in [3.8, 4) is 0 Å². The van der Waals surface area contributed by atoms with Crippen LogP contribution in [0.3, 0.4) is 0 Å². The minimum Gasteiger partial charge on any atom is -0.444 e. The second-order valence-corrected chi connectivity index (χ2v) is 7.38. The summed E-state index contributed by atoms with van der Waals surface area (Å²) in [5.41, 5.74) is 0.631. The fourth-order valence-corrected chi connectivity index (χ4v) is 2.50. The number of hydrogen-bond acceptors (Lipinski definition) is 5. The number of halogens is 1. The molecule has 0 aliphatic carbocycles. The lowest BCUT2D eigenvalue weighted by atomic mass is 10.2. The number of carbonyl (C=O) groups excluding carboxylic acids is 1. The number of amides is 1. The Morgan fingerprint density at radius 3 is 2.44 bits per heavy atom. The third-order valence-electron chi connectivity index (χ3n) is 2.88. The number of carbonyl (C=O) groups is 1. The molecule has 0 fully saturated rings. The van der Waals surface area contributed by atoms with Gasteiger partial charge in [-0.25, -0.2) is 9.78 Å². The summed E-state index contributed by atoms with van der Waals surface area (Å²) < 4.78 is 5.17. The lowest BCUT2D eigenvalue weighted by molar-refractivity contribution is 0.0527. The smallest absolute Gasteiger partial charge is 0.407 e. The van der Waals surface area contributed by atoms with E-state index in [1.54, 1.807) is 18.4 Å². The fraction of sp³-hybridized carbons (Fsp3) is 0.688. The van der Waals surface area contributed by atoms with Crippen molar-refractivity contribution in [3.05, 3.63) is 16.1 Å². The van der Waals surface area contributed by atoms with Gasteiger partial charge in [-0.05, 0) is 34.1 Å². The van der Waals surface area contributed by atoms with Gasteiger partial charge in [0.05, 0.1) is 10.7 Å². The quantitative estimate of drug-likeness (QED) is 0.240. The van der Waals surface area contributed by atoms with Crippen LogP contribution in [0.25, 0.3) is 0 Å². The molecule has 0 aliphatic rings. The Morgan fingerprint density at radius 2 is 1.88 bits per heavy atom. The average Bonchev–Trinajstić information content (AvgIpc) is 2.88. The van der Waals surface area contributed by atoms with E-state index in [1.807, 2.05) is 27.7 Å². The van der Waals surface area contributed by atoms with Crippen LogP contribution < -0.4 is 16.0 Å². The highest BCUT2D eigenvalue weighted by Gasteiger charge is 2.15. The summed E-state index contributed by atoms with van der Waals surface area (Å²) in [6.45, 7) is 9.58. The van der Waals surface area contributed by atoms with Crippen LogP contribution in [0.15, 0.2) is 10.4 Å². The van der Waals surface area contributed by atoms with Crippen molar-refractivity contribution in [1.82, 2.24) is 20.9 Å². The van der Waals surface area contributed by atoms with Crippen LogP contribution in [0.4, 0.5) is 4.79 Å². The molecule has 7 nitrogen and oxygen atoms in total. The number of alkyl carbamates (subject to hydrolysis) is 1. The molecular formula is C16H30IN5O2S. The third kappa shape index (κ3) is 12.0. The predicted octanol–water partition coefficient (Wildman–Crippen LogP) is 2.69. The molecule has 0 aromatic carbocycles. The molecule has 1 aromatic heterocycles. The molecule has 0 radical (unpaired) electrons. The zero-order chi connectivity index (χ0) is 18.0. The first kappa shape index (κ1) is 23.9. The number of aromatic nitrogens is 1. The Hall–Kier alpha value is -1.10. The van der Waals surface area contributed by atoms with Crippen LogP contribution in [0.5, 0.6) is 0 Å². The summed E-state index contributed by atoms with van der Waals surface area (Å²) in [6.07, 6.45) is 1.26. The molecule has 25 heavy (non-hydrogen) atoms. The van der Waals surface area contributed by atoms with Crippen molar-refractivity contribution in [2.45, 2.75) is 46.1 Å². The van der Waals surface area contributed by atoms with Gasteiger partial charge in [-0.3, -0.25) is 4.99 Å². The molecule has 0 bridgehead atoms. The van der Waals surface area contributed by atoms with Crippen LogP contribution in [0.2, 0.25) is 0 Å². The molecule has 0 saturated carbocycles. The molecule has 0 atom stereocenters. The normalized spacial score (nSPS) is 11.5. The Morgan fingerprint density at radius 1 is 1.24 bits per heavy atom. The second-order valence-electron chi connectivity index (χ2n) is 6.32. The summed E-state index contributed by atoms with van der Waals surface area (Å²) in [7, 11) is 1.74. The van der Waals surface area contributed by atoms with E-state index in [4.69, 9.17) is 4.74 Å². The second kappa shape index (κ2) is 12.3. The SMILES string of the molecule is CN=C(NCCCNC(=O)OC(C)(C)C)NCCc1csc(C)n1.I. The van der Waals surface area contributed by atoms with Gasteiger partial charge in [-0.1, -0.05) is 0 Å². The average molecular weight is 483 g/mol. The van der Waals surface area contributed by atoms with Gasteiger partial charge in [0.1, 0.15) is 5.60 Å². The van der Waals surface area contributed by atoms with Crippen LogP contribution in [-0.4, -0.2) is 49.3 Å². The van der Waals surface area contributed by atoms with E-state index in [0.29, 0.717) is 13.1 Å². The van der Waals surface area contributed by atoms with Crippen molar-refractivity contribution in [3.63, 3.8) is 0 Å². The maximum atomic E-state index is 11.5. The minimum atomic E-state index is -0.468. The monoisotopic (exact) mass is 483 g/mol. The van der Waals surface area contributed by atoms with E-state index in [0.717, 1.165) is 36.0 Å². The minimum absolute atomic E-state index is 0. The van der Waals surface area contributed by atoms with Gasteiger partial charge in [0.25, 0.3) is 0 Å². The molecule has 0 unspecified atom stereocenters. The molecule has 1 heterocycles. The topological polar surface area (TPSA) is 87.6 Å². The molecule has 1 aromatic rings. The van der Waals surface area contributed by atoms with E-state index in [2.05, 4.69) is 31.3 Å². The zero-order valence-corrected chi connectivity index (χ0v) is 18.8. The number of nitrogens with one attached hydrogen (secondary N) is 3. The van der Waals surface area contributed by atoms with E-state index in [1.165, 1.54) is 0 Å². The van der Waals surface area contributed by atoms with E-state index >= 15 is 0 Å². The number of ether oxygens (including phenoxy) is 1. The number of thiazole rings is 1. The Balaban J connectivity index is 0.00000576. The maximum absolute atomic E-state index is 11.5. The molecule has 0 aliphatic heterocycles. The summed E-state index contributed by atoms with van der Waals surface area (Å²) in [5, 5.41) is 12.4. The first-order chi connectivity index (χ1) is 11.3. The van der Waals surface area contributed by atoms with Crippen molar-refractivity contribution >= 4 is 47.4 Å². The lowest BCUT2D eigenvalue weighted by Crippen LogP contribution is -2.40. The number of aryl methyl sites for hydroxylation is 1. The Kier molecular flexibility index (Phi) is 11.7. The van der Waals surface area contributed by atoms with Gasteiger partial charge in [-0.15, -0.1) is 35.3 Å². The van der Waals surface area contributed by atoms with Gasteiger partial charge in [-0.2, -0.15) is 0 Å². The van der Waals surface area contributed by atoms with Gasteiger partial charge in [0, 0.05) is 38.5 Å². The van der Waals surface area contributed by atoms with E-state index < -0.39 is 5.60 Å². The van der Waals surface area contributed by atoms with Crippen LogP contribution in [0, 0.1) is 6.92 Å². The number of rotatable bonds is 7. The zero-order valence-electron chi connectivity index (χ0n) is 15.6. The summed E-state index contributed by atoms with van der Waals surface area (Å²) in [6, 6.07) is 0. The maximum Gasteiger partial charge on any atom is 0.407 e. The highest BCUT2D eigenvalue weighted by atomic mass is 127. The summed E-state index contributed by atoms with van der Waals surface area (Å²) in [4.78, 5) is 20.1. The predicted molar refractivity (Wildman–Crippen MR) is 114 cm³/mol. The first-order valence-corrected chi connectivity index (χ1v) is 9.00. The molecule has 0 spiro atoms. The first-order valence-electron chi connectivity index (χ1n) is 8.12. The van der Waals surface area contributed by atoms with Gasteiger partial charge >= 0.3 is 6.09 Å². The highest BCUT2D eigenvalue weighted by molar-refractivity contribution is 14.0. The molecule has 1 amide bonds. The van der Waals surface area contributed by atoms with Crippen molar-refractivity contribution < 1.29 is 9.53 Å². The van der Waals surface area contributed by atoms with Crippen molar-refractivity contribution in [1.29, 1.82) is 0 Å². The fourth-order valence-electron chi connectivity index (χ4n) is 1.85. The van der Waals surface area contributed by atoms with E-state index in [-0.39, 0.29) is 30.1 Å². The number of nitrogens with zero attached hydrogens (tertiary/aromatic N) is 2. The number of aliphatic imine (C=N–C) groups is 1. The third-order valence-corrected chi connectivity index (χ3v) is 3.70. The van der Waals surface area contributed by atoms with Gasteiger partial charge in [0.15, 0.2) is 5.96 Å². The highest BCUT2D eigenvalue weighted by Crippen LogP contribution is 2.07. The largest absolute Gasteiger partial charge is 0.444 e. The Labute approximate surface area is 171 Å². The standard InChI is InChI=1S/C16H29N5O2S.HI/c1-12-21-13(11-24-12)7-10-19-14(17-5)18-8-6-9-20-15(22)23-16(2,3)4;/h11H,6-10H2,1-5H3,(H,20,22)(H2,17,18,19);1H. The van der Waals surface area contributed by atoms with E-state index in [9.17, 15) is 4.79 Å². The molecule has 1 rings (SSSR count). The van der Waals surface area contributed by atoms with Crippen LogP contribution in [0.1, 0.15) is 37.9 Å². The summed E-state index contributed by atoms with van der Waals surface area (Å²) >= 11 is 1.66. The van der Waals surface area contributed by atoms with Gasteiger partial charge in [0.2, 0.25) is 0 Å². The summed E-state index contributed by atoms with van der Waals surface area (Å²) in [5.74, 6) is 0.749. The number of hydrogen-bond donors (Lipinski definition) is 3. The Bertz CT molecular complexity index is 543. The lowest BCUT2D eigenvalue weighted by Gasteiger charge is -2.19. The molecule has 9 heteroatoms. The molecule has 144 valence electrons. The van der Waals surface area contributed by atoms with Crippen LogP contribution >= 0.6 is 35.3 Å². The van der Waals surface area contributed by atoms with Crippen molar-refractivity contribution in [2.75, 3.05) is 26.7 Å². The molecule has 0 saturated heterocycles. The van der Waals surface area contributed by atoms with Crippen molar-refractivity contribution in [2.24, 2.45) is 4.99 Å². The van der Waals surface area contributed by atoms with Crippen LogP contribution in [-0.2, 0) is 11.2 Å². The van der Waals surface area contributed by atoms with Gasteiger partial charge < -0.3 is 20.7 Å². The number of guanidine groups is 1.